The van der Waals surface area contributed by atoms with Gasteiger partial charge in [0.05, 0.1) is 11.9 Å². The van der Waals surface area contributed by atoms with Crippen molar-refractivity contribution in [3.8, 4) is 0 Å². The highest BCUT2D eigenvalue weighted by atomic mass is 16.2. The first-order valence-corrected chi connectivity index (χ1v) is 15.6. The van der Waals surface area contributed by atoms with E-state index in [0.717, 1.165) is 43.0 Å². The molecule has 0 saturated heterocycles. The van der Waals surface area contributed by atoms with Gasteiger partial charge in [-0.15, -0.1) is 0 Å². The number of amides is 1. The number of carbonyl (C=O) groups excluding carboxylic acids is 1. The molecule has 238 valence electrons. The van der Waals surface area contributed by atoms with Gasteiger partial charge in [-0.3, -0.25) is 14.7 Å². The maximum Gasteiger partial charge on any atom is 0.242 e. The Kier molecular flexibility index (Phi) is 12.6. The molecule has 0 bridgehead atoms. The molecule has 2 unspecified atom stereocenters. The van der Waals surface area contributed by atoms with Crippen molar-refractivity contribution in [1.29, 1.82) is 0 Å². The van der Waals surface area contributed by atoms with E-state index in [2.05, 4.69) is 105 Å². The fraction of sp³-hybridized carbons (Fsp3) is 0.333. The molecule has 9 nitrogen and oxygen atoms in total. The summed E-state index contributed by atoms with van der Waals surface area (Å²) in [6.45, 7) is 14.5. The molecule has 7 N–H and O–H groups in total. The van der Waals surface area contributed by atoms with Crippen LogP contribution in [0.4, 0.5) is 0 Å². The number of carbonyl (C=O) groups is 1. The highest BCUT2D eigenvalue weighted by Gasteiger charge is 2.30. The number of fused-ring (bicyclic) bond motifs is 1. The molecule has 0 aromatic heterocycles. The van der Waals surface area contributed by atoms with Gasteiger partial charge < -0.3 is 32.3 Å². The van der Waals surface area contributed by atoms with Crippen molar-refractivity contribution in [2.75, 3.05) is 26.7 Å². The summed E-state index contributed by atoms with van der Waals surface area (Å²) >= 11 is 0. The Morgan fingerprint density at radius 3 is 2.27 bits per heavy atom. The number of hydrogen-bond donors (Lipinski definition) is 6. The van der Waals surface area contributed by atoms with Crippen LogP contribution in [0.25, 0.3) is 0 Å². The topological polar surface area (TPSA) is 119 Å². The van der Waals surface area contributed by atoms with Crippen molar-refractivity contribution in [2.45, 2.75) is 51.5 Å². The largest absolute Gasteiger partial charge is 0.376 e. The van der Waals surface area contributed by atoms with Gasteiger partial charge in [0.2, 0.25) is 5.91 Å². The number of aliphatic imine (C=N–C) groups is 1. The highest BCUT2D eigenvalue weighted by Crippen LogP contribution is 2.34. The number of likely N-dealkylation sites (N-methyl/N-ethyl adjacent to an activating group) is 1. The Morgan fingerprint density at radius 1 is 0.933 bits per heavy atom. The van der Waals surface area contributed by atoms with E-state index < -0.39 is 6.04 Å². The second-order valence-electron chi connectivity index (χ2n) is 11.5. The first kappa shape index (κ1) is 33.3. The van der Waals surface area contributed by atoms with Crippen LogP contribution in [0.2, 0.25) is 0 Å². The number of guanidine groups is 1. The maximum absolute atomic E-state index is 13.7. The average molecular weight is 609 g/mol. The summed E-state index contributed by atoms with van der Waals surface area (Å²) in [6, 6.07) is 26.5. The zero-order chi connectivity index (χ0) is 32.0. The molecule has 0 saturated carbocycles. The molecule has 9 heteroatoms. The van der Waals surface area contributed by atoms with Gasteiger partial charge in [0, 0.05) is 45.0 Å². The fourth-order valence-corrected chi connectivity index (χ4v) is 5.47. The number of nitrogens with zero attached hydrogens (tertiary/aromatic N) is 2. The summed E-state index contributed by atoms with van der Waals surface area (Å²) in [5.74, 6) is 0.798. The predicted octanol–water partition coefficient (Wildman–Crippen LogP) is 3.80. The molecule has 3 aromatic carbocycles. The van der Waals surface area contributed by atoms with Crippen LogP contribution in [0, 0.1) is 6.92 Å². The van der Waals surface area contributed by atoms with Crippen molar-refractivity contribution in [2.24, 2.45) is 10.7 Å². The normalized spacial score (nSPS) is 14.2. The minimum atomic E-state index is -0.498. The van der Waals surface area contributed by atoms with Gasteiger partial charge in [-0.1, -0.05) is 97.6 Å². The summed E-state index contributed by atoms with van der Waals surface area (Å²) in [5, 5.41) is 15.9. The Balaban J connectivity index is 1.44. The van der Waals surface area contributed by atoms with Crippen molar-refractivity contribution in [3.63, 3.8) is 0 Å². The summed E-state index contributed by atoms with van der Waals surface area (Å²) in [5.41, 5.74) is 12.9. The standard InChI is InChI=1S/C36H48N8O/c1-26-16-18-29(19-17-26)23-41-35(45)33(15-10-20-40-36(37)43-28(3)39-22-21-38-4)42-27(2)34(30-11-6-5-7-12-30)44-24-31-13-8-9-14-32(31)25-44/h5-9,11-14,16-19,33-34,38-39,42H,2-3,10,15,20-25H2,1,4H3,(H,41,45)(H3,37,40,43). The van der Waals surface area contributed by atoms with E-state index in [1.54, 1.807) is 0 Å². The number of nitrogens with one attached hydrogen (secondary N) is 5. The number of nitrogens with two attached hydrogens (primary N) is 1. The summed E-state index contributed by atoms with van der Waals surface area (Å²) in [4.78, 5) is 20.5. The zero-order valence-corrected chi connectivity index (χ0v) is 26.6. The van der Waals surface area contributed by atoms with Crippen molar-refractivity contribution in [1.82, 2.24) is 31.5 Å². The summed E-state index contributed by atoms with van der Waals surface area (Å²) in [7, 11) is 1.89. The van der Waals surface area contributed by atoms with Crippen LogP contribution < -0.4 is 32.3 Å². The monoisotopic (exact) mass is 608 g/mol. The molecule has 1 amide bonds. The lowest BCUT2D eigenvalue weighted by molar-refractivity contribution is -0.123. The Morgan fingerprint density at radius 2 is 1.60 bits per heavy atom. The van der Waals surface area contributed by atoms with Crippen LogP contribution in [0.15, 0.2) is 109 Å². The van der Waals surface area contributed by atoms with Crippen LogP contribution in [-0.2, 0) is 24.4 Å². The molecule has 1 aliphatic rings. The number of rotatable bonds is 17. The maximum atomic E-state index is 13.7. The first-order valence-electron chi connectivity index (χ1n) is 15.6. The number of aryl methyl sites for hydroxylation is 1. The van der Waals surface area contributed by atoms with Crippen LogP contribution in [0.1, 0.15) is 46.7 Å². The molecule has 4 rings (SSSR count). The molecule has 0 spiro atoms. The number of hydrogen-bond acceptors (Lipinski definition) is 6. The quantitative estimate of drug-likeness (QED) is 0.0784. The van der Waals surface area contributed by atoms with Crippen molar-refractivity contribution >= 4 is 11.9 Å². The smallest absolute Gasteiger partial charge is 0.242 e. The lowest BCUT2D eigenvalue weighted by Crippen LogP contribution is -2.45. The molecule has 0 fully saturated rings. The third kappa shape index (κ3) is 10.2. The molecule has 45 heavy (non-hydrogen) atoms. The molecule has 1 aliphatic heterocycles. The van der Waals surface area contributed by atoms with E-state index in [4.69, 9.17) is 5.73 Å². The first-order chi connectivity index (χ1) is 21.8. The van der Waals surface area contributed by atoms with Gasteiger partial charge in [0.1, 0.15) is 6.04 Å². The van der Waals surface area contributed by atoms with Gasteiger partial charge in [-0.05, 0) is 49.1 Å². The van der Waals surface area contributed by atoms with E-state index in [0.29, 0.717) is 31.8 Å². The minimum Gasteiger partial charge on any atom is -0.376 e. The van der Waals surface area contributed by atoms with Gasteiger partial charge in [-0.2, -0.15) is 0 Å². The zero-order valence-electron chi connectivity index (χ0n) is 26.6. The Hall–Kier alpha value is -4.60. The lowest BCUT2D eigenvalue weighted by Gasteiger charge is -2.32. The molecular formula is C36H48N8O. The van der Waals surface area contributed by atoms with Crippen LogP contribution in [0.3, 0.4) is 0 Å². The fourth-order valence-electron chi connectivity index (χ4n) is 5.47. The minimum absolute atomic E-state index is 0.0783. The number of benzene rings is 3. The Bertz CT molecular complexity index is 1410. The molecule has 0 aliphatic carbocycles. The van der Waals surface area contributed by atoms with Crippen LogP contribution >= 0.6 is 0 Å². The SMILES string of the molecule is C=C(NCCNC)NC(N)=NCCCC(NC(=C)C(c1ccccc1)N1Cc2ccccc2C1)C(=O)NCc1ccc(C)cc1. The molecule has 1 heterocycles. The van der Waals surface area contributed by atoms with Gasteiger partial charge in [0.25, 0.3) is 0 Å². The summed E-state index contributed by atoms with van der Waals surface area (Å²) < 4.78 is 0. The predicted molar refractivity (Wildman–Crippen MR) is 184 cm³/mol. The molecule has 2 atom stereocenters. The van der Waals surface area contributed by atoms with Crippen LogP contribution in [-0.4, -0.2) is 49.5 Å². The molecule has 3 aromatic rings. The van der Waals surface area contributed by atoms with Crippen molar-refractivity contribution < 1.29 is 4.79 Å². The Labute approximate surface area is 268 Å². The van der Waals surface area contributed by atoms with E-state index in [1.807, 2.05) is 37.4 Å². The van der Waals surface area contributed by atoms with E-state index in [1.165, 1.54) is 16.7 Å². The van der Waals surface area contributed by atoms with Gasteiger partial charge >= 0.3 is 0 Å². The third-order valence-corrected chi connectivity index (χ3v) is 7.86. The highest BCUT2D eigenvalue weighted by molar-refractivity contribution is 5.82. The van der Waals surface area contributed by atoms with E-state index in [-0.39, 0.29) is 17.9 Å². The van der Waals surface area contributed by atoms with Crippen molar-refractivity contribution in [3.05, 3.63) is 131 Å². The summed E-state index contributed by atoms with van der Waals surface area (Å²) in [6.07, 6.45) is 1.20. The third-order valence-electron chi connectivity index (χ3n) is 7.86. The molecular weight excluding hydrogens is 560 g/mol. The van der Waals surface area contributed by atoms with E-state index >= 15 is 0 Å². The van der Waals surface area contributed by atoms with Crippen LogP contribution in [0.5, 0.6) is 0 Å². The van der Waals surface area contributed by atoms with E-state index in [9.17, 15) is 4.79 Å². The molecule has 0 radical (unpaired) electrons. The van der Waals surface area contributed by atoms with Gasteiger partial charge in [0.15, 0.2) is 5.96 Å². The van der Waals surface area contributed by atoms with Gasteiger partial charge in [-0.25, -0.2) is 0 Å². The second-order valence-corrected chi connectivity index (χ2v) is 11.5. The lowest BCUT2D eigenvalue weighted by atomic mass is 10.0. The average Bonchev–Trinajstić information content (AvgIpc) is 3.46. The second kappa shape index (κ2) is 17.0.